The lowest BCUT2D eigenvalue weighted by atomic mass is 10.1. The maximum Gasteiger partial charge on any atom is 0.242 e. The summed E-state index contributed by atoms with van der Waals surface area (Å²) in [5.41, 5.74) is 3.32. The number of hydrogen-bond acceptors (Lipinski definition) is 4. The van der Waals surface area contributed by atoms with Gasteiger partial charge in [-0.1, -0.05) is 57.2 Å². The summed E-state index contributed by atoms with van der Waals surface area (Å²) in [6.07, 6.45) is 0.574. The van der Waals surface area contributed by atoms with Gasteiger partial charge in [-0.3, -0.25) is 9.59 Å². The second kappa shape index (κ2) is 13.2. The van der Waals surface area contributed by atoms with Gasteiger partial charge in [-0.2, -0.15) is 0 Å². The normalized spacial score (nSPS) is 11.8. The average molecular weight is 457 g/mol. The molecular weight excluding hydrogens is 420 g/mol. The first kappa shape index (κ1) is 25.8. The minimum atomic E-state index is -0.484. The fourth-order valence-electron chi connectivity index (χ4n) is 3.37. The zero-order chi connectivity index (χ0) is 23.5. The minimum absolute atomic E-state index is 0.0155. The molecule has 0 aliphatic rings. The summed E-state index contributed by atoms with van der Waals surface area (Å²) in [5.74, 6) is 2.13. The number of rotatable bonds is 12. The topological polar surface area (TPSA) is 58.6 Å². The number of aryl methyl sites for hydroxylation is 1. The predicted molar refractivity (Wildman–Crippen MR) is 133 cm³/mol. The smallest absolute Gasteiger partial charge is 0.242 e. The molecule has 2 rings (SSSR count). The molecule has 1 N–H and O–H groups in total. The van der Waals surface area contributed by atoms with Gasteiger partial charge in [0.15, 0.2) is 0 Å². The van der Waals surface area contributed by atoms with Crippen LogP contribution in [0.4, 0.5) is 0 Å². The van der Waals surface area contributed by atoms with Crippen molar-refractivity contribution < 1.29 is 14.3 Å². The molecule has 32 heavy (non-hydrogen) atoms. The summed E-state index contributed by atoms with van der Waals surface area (Å²) in [6, 6.07) is 15.4. The van der Waals surface area contributed by atoms with Gasteiger partial charge in [0, 0.05) is 18.8 Å². The fourth-order valence-corrected chi connectivity index (χ4v) is 4.24. The van der Waals surface area contributed by atoms with E-state index >= 15 is 0 Å². The third-order valence-electron chi connectivity index (χ3n) is 5.33. The van der Waals surface area contributed by atoms with Crippen molar-refractivity contribution in [3.8, 4) is 5.75 Å². The molecule has 0 aromatic heterocycles. The third-order valence-corrected chi connectivity index (χ3v) is 6.31. The Morgan fingerprint density at radius 3 is 2.38 bits per heavy atom. The van der Waals surface area contributed by atoms with Gasteiger partial charge in [-0.05, 0) is 48.1 Å². The van der Waals surface area contributed by atoms with E-state index in [1.165, 1.54) is 0 Å². The highest BCUT2D eigenvalue weighted by molar-refractivity contribution is 7.99. The number of carbonyl (C=O) groups excluding carboxylic acids is 2. The Morgan fingerprint density at radius 2 is 1.78 bits per heavy atom. The number of ether oxygens (including phenoxy) is 1. The molecule has 0 spiro atoms. The van der Waals surface area contributed by atoms with Crippen molar-refractivity contribution in [2.45, 2.75) is 52.5 Å². The SMILES string of the molecule is CC[C@@H](C(=O)NCC(C)C)N(Cc1ccccc1C)C(=O)CSCc1ccc(OC)cc1. The van der Waals surface area contributed by atoms with Crippen LogP contribution in [0.25, 0.3) is 0 Å². The van der Waals surface area contributed by atoms with Gasteiger partial charge in [-0.25, -0.2) is 0 Å². The monoisotopic (exact) mass is 456 g/mol. The third kappa shape index (κ3) is 7.90. The molecule has 2 aromatic carbocycles. The summed E-state index contributed by atoms with van der Waals surface area (Å²) in [6.45, 7) is 9.16. The van der Waals surface area contributed by atoms with E-state index in [9.17, 15) is 9.59 Å². The molecule has 6 heteroatoms. The predicted octanol–water partition coefficient (Wildman–Crippen LogP) is 4.82. The van der Waals surface area contributed by atoms with Crippen LogP contribution in [0.3, 0.4) is 0 Å². The lowest BCUT2D eigenvalue weighted by Crippen LogP contribution is -2.50. The van der Waals surface area contributed by atoms with Crippen LogP contribution in [0.2, 0.25) is 0 Å². The van der Waals surface area contributed by atoms with Crippen molar-refractivity contribution in [3.05, 3.63) is 65.2 Å². The molecule has 5 nitrogen and oxygen atoms in total. The average Bonchev–Trinajstić information content (AvgIpc) is 2.79. The van der Waals surface area contributed by atoms with Crippen LogP contribution in [-0.4, -0.2) is 42.2 Å². The molecule has 0 aliphatic carbocycles. The van der Waals surface area contributed by atoms with Crippen LogP contribution in [0.15, 0.2) is 48.5 Å². The standard InChI is InChI=1S/C26H36N2O3S/c1-6-24(26(30)27-15-19(2)3)28(16-22-10-8-7-9-20(22)4)25(29)18-32-17-21-11-13-23(31-5)14-12-21/h7-14,19,24H,6,15-18H2,1-5H3,(H,27,30)/t24-/m0/s1. The lowest BCUT2D eigenvalue weighted by molar-refractivity contribution is -0.139. The van der Waals surface area contributed by atoms with E-state index in [0.717, 1.165) is 28.2 Å². The van der Waals surface area contributed by atoms with Gasteiger partial charge in [0.2, 0.25) is 11.8 Å². The van der Waals surface area contributed by atoms with Gasteiger partial charge >= 0.3 is 0 Å². The van der Waals surface area contributed by atoms with Crippen molar-refractivity contribution in [2.75, 3.05) is 19.4 Å². The second-order valence-corrected chi connectivity index (χ2v) is 9.34. The number of benzene rings is 2. The Labute approximate surface area is 196 Å². The van der Waals surface area contributed by atoms with E-state index in [4.69, 9.17) is 4.74 Å². The number of amides is 2. The zero-order valence-corrected chi connectivity index (χ0v) is 20.7. The van der Waals surface area contributed by atoms with E-state index in [1.54, 1.807) is 23.8 Å². The van der Waals surface area contributed by atoms with E-state index in [2.05, 4.69) is 19.2 Å². The highest BCUT2D eigenvalue weighted by Crippen LogP contribution is 2.20. The van der Waals surface area contributed by atoms with Gasteiger partial charge in [0.1, 0.15) is 11.8 Å². The van der Waals surface area contributed by atoms with Crippen LogP contribution in [0.5, 0.6) is 5.75 Å². The van der Waals surface area contributed by atoms with Crippen molar-refractivity contribution in [2.24, 2.45) is 5.92 Å². The number of methoxy groups -OCH3 is 1. The molecule has 2 aromatic rings. The van der Waals surface area contributed by atoms with Crippen LogP contribution >= 0.6 is 11.8 Å². The van der Waals surface area contributed by atoms with Crippen LogP contribution in [-0.2, 0) is 21.9 Å². The number of hydrogen-bond donors (Lipinski definition) is 1. The summed E-state index contributed by atoms with van der Waals surface area (Å²) in [7, 11) is 1.65. The number of nitrogens with zero attached hydrogens (tertiary/aromatic N) is 1. The van der Waals surface area contributed by atoms with E-state index in [1.807, 2.05) is 62.4 Å². The van der Waals surface area contributed by atoms with E-state index in [-0.39, 0.29) is 11.8 Å². The summed E-state index contributed by atoms with van der Waals surface area (Å²) in [4.78, 5) is 28.0. The van der Waals surface area contributed by atoms with Crippen LogP contribution in [0.1, 0.15) is 43.9 Å². The summed E-state index contributed by atoms with van der Waals surface area (Å²) in [5, 5.41) is 3.01. The van der Waals surface area contributed by atoms with Crippen molar-refractivity contribution >= 4 is 23.6 Å². The van der Waals surface area contributed by atoms with E-state index in [0.29, 0.717) is 31.2 Å². The Hall–Kier alpha value is -2.47. The molecule has 0 aliphatic heterocycles. The molecular formula is C26H36N2O3S. The van der Waals surface area contributed by atoms with Gasteiger partial charge < -0.3 is 15.0 Å². The maximum atomic E-state index is 13.3. The molecule has 174 valence electrons. The van der Waals surface area contributed by atoms with Crippen molar-refractivity contribution in [3.63, 3.8) is 0 Å². The Morgan fingerprint density at radius 1 is 1.09 bits per heavy atom. The highest BCUT2D eigenvalue weighted by atomic mass is 32.2. The Kier molecular flexibility index (Phi) is 10.6. The van der Waals surface area contributed by atoms with Gasteiger partial charge in [0.25, 0.3) is 0 Å². The first-order valence-corrected chi connectivity index (χ1v) is 12.3. The number of thioether (sulfide) groups is 1. The molecule has 0 fully saturated rings. The minimum Gasteiger partial charge on any atom is -0.497 e. The van der Waals surface area contributed by atoms with Crippen molar-refractivity contribution in [1.82, 2.24) is 10.2 Å². The summed E-state index contributed by atoms with van der Waals surface area (Å²) < 4.78 is 5.20. The maximum absolute atomic E-state index is 13.3. The van der Waals surface area contributed by atoms with Gasteiger partial charge in [0.05, 0.1) is 12.9 Å². The molecule has 0 bridgehead atoms. The second-order valence-electron chi connectivity index (χ2n) is 8.35. The van der Waals surface area contributed by atoms with Crippen molar-refractivity contribution in [1.29, 1.82) is 0 Å². The molecule has 0 saturated heterocycles. The molecule has 2 amide bonds. The van der Waals surface area contributed by atoms with Gasteiger partial charge in [-0.15, -0.1) is 11.8 Å². The van der Waals surface area contributed by atoms with E-state index < -0.39 is 6.04 Å². The quantitative estimate of drug-likeness (QED) is 0.498. The number of nitrogens with one attached hydrogen (secondary N) is 1. The Bertz CT molecular complexity index is 868. The van der Waals surface area contributed by atoms with Crippen LogP contribution < -0.4 is 10.1 Å². The first-order valence-electron chi connectivity index (χ1n) is 11.2. The fraction of sp³-hybridized carbons (Fsp3) is 0.462. The molecule has 0 heterocycles. The zero-order valence-electron chi connectivity index (χ0n) is 19.9. The highest BCUT2D eigenvalue weighted by Gasteiger charge is 2.28. The first-order chi connectivity index (χ1) is 15.3. The largest absolute Gasteiger partial charge is 0.497 e. The Balaban J connectivity index is 2.11. The molecule has 0 saturated carbocycles. The molecule has 1 atom stereocenters. The molecule has 0 unspecified atom stereocenters. The molecule has 0 radical (unpaired) electrons. The lowest BCUT2D eigenvalue weighted by Gasteiger charge is -2.31. The number of carbonyl (C=O) groups is 2. The summed E-state index contributed by atoms with van der Waals surface area (Å²) >= 11 is 1.57. The van der Waals surface area contributed by atoms with Crippen LogP contribution in [0, 0.1) is 12.8 Å².